The molecule has 6 nitrogen and oxygen atoms in total. The minimum atomic E-state index is -4.29. The number of ether oxygens (including phenoxy) is 1. The second-order valence-electron chi connectivity index (χ2n) is 5.35. The molecule has 0 bridgehead atoms. The Morgan fingerprint density at radius 1 is 1.15 bits per heavy atom. The Kier molecular flexibility index (Phi) is 4.29. The van der Waals surface area contributed by atoms with E-state index in [-0.39, 0.29) is 5.56 Å². The molecule has 1 aliphatic rings. The molecule has 1 atom stereocenters. The summed E-state index contributed by atoms with van der Waals surface area (Å²) in [6.45, 7) is 0. The van der Waals surface area contributed by atoms with Gasteiger partial charge in [0.1, 0.15) is 5.75 Å². The molecule has 26 heavy (non-hydrogen) atoms. The molecule has 9 heteroatoms. The van der Waals surface area contributed by atoms with Crippen molar-refractivity contribution in [2.75, 3.05) is 0 Å². The van der Waals surface area contributed by atoms with Crippen LogP contribution in [-0.4, -0.2) is 14.2 Å². The van der Waals surface area contributed by atoms with Crippen molar-refractivity contribution in [3.05, 3.63) is 82.9 Å². The molecule has 0 unspecified atom stereocenters. The van der Waals surface area contributed by atoms with Gasteiger partial charge in [0.2, 0.25) is 17.4 Å². The van der Waals surface area contributed by atoms with Crippen molar-refractivity contribution in [3.8, 4) is 0 Å². The quantitative estimate of drug-likeness (QED) is 0.797. The third-order valence-corrected chi connectivity index (χ3v) is 4.53. The lowest BCUT2D eigenvalue weighted by molar-refractivity contribution is -0.123. The van der Waals surface area contributed by atoms with Gasteiger partial charge < -0.3 is 14.7 Å². The van der Waals surface area contributed by atoms with E-state index in [1.54, 1.807) is 30.3 Å². The maximum absolute atomic E-state index is 13.4. The zero-order chi connectivity index (χ0) is 19.8. The maximum Gasteiger partial charge on any atom is 0.313 e. The van der Waals surface area contributed by atoms with Crippen LogP contribution >= 0.6 is 0 Å². The number of hydrogen-bond acceptors (Lipinski definition) is 6. The van der Waals surface area contributed by atoms with Crippen LogP contribution in [-0.2, 0) is 29.6 Å². The number of carbonyl (C=O) groups excluding carboxylic acids is 1. The number of benzene rings is 2. The van der Waals surface area contributed by atoms with Gasteiger partial charge in [0.25, 0.3) is 0 Å². The summed E-state index contributed by atoms with van der Waals surface area (Å²) in [4.78, 5) is 12.5. The predicted octanol–water partition coefficient (Wildman–Crippen LogP) is 2.28. The highest BCUT2D eigenvalue weighted by Gasteiger charge is 2.39. The van der Waals surface area contributed by atoms with Crippen LogP contribution in [0, 0.1) is 11.6 Å². The molecule has 0 radical (unpaired) electrons. The van der Waals surface area contributed by atoms with Gasteiger partial charge in [0.15, 0.2) is 17.7 Å². The molecular weight excluding hydrogens is 368 g/mol. The molecule has 0 fully saturated rings. The standard InChI is InChI=1S/C17H13F2NO5S/c18-12-7-6-11(8-13(12)19)15-14(21)16(17(20)24-15)25-26(22,23)9-10-4-2-1-3-5-10/h1-8,15H,9,20H2/t15-/m1/s1/i15D. The number of hydrogen-bond donors (Lipinski definition) is 1. The van der Waals surface area contributed by atoms with Crippen LogP contribution in [0.1, 0.15) is 18.6 Å². The van der Waals surface area contributed by atoms with Gasteiger partial charge >= 0.3 is 10.1 Å². The number of ketones is 1. The Hall–Kier alpha value is -2.94. The van der Waals surface area contributed by atoms with E-state index in [1.165, 1.54) is 0 Å². The molecule has 2 N–H and O–H groups in total. The maximum atomic E-state index is 13.4. The summed E-state index contributed by atoms with van der Waals surface area (Å²) in [6, 6.07) is 10.3. The Bertz CT molecular complexity index is 1040. The fraction of sp³-hybridized carbons (Fsp3) is 0.118. The van der Waals surface area contributed by atoms with Gasteiger partial charge in [-0.25, -0.2) is 8.78 Å². The van der Waals surface area contributed by atoms with Crippen molar-refractivity contribution in [2.24, 2.45) is 5.73 Å². The molecule has 0 saturated heterocycles. The minimum Gasteiger partial charge on any atom is -0.460 e. The van der Waals surface area contributed by atoms with E-state index >= 15 is 0 Å². The summed E-state index contributed by atoms with van der Waals surface area (Å²) in [6.07, 6.45) is -2.59. The molecule has 1 heterocycles. The molecule has 0 aromatic heterocycles. The van der Waals surface area contributed by atoms with Crippen LogP contribution in [0.2, 0.25) is 0 Å². The average Bonchev–Trinajstić information content (AvgIpc) is 2.81. The summed E-state index contributed by atoms with van der Waals surface area (Å²) < 4.78 is 68.8. The smallest absolute Gasteiger partial charge is 0.313 e. The first-order valence-electron chi connectivity index (χ1n) is 7.77. The molecule has 2 aromatic rings. The normalized spacial score (nSPS) is 20.7. The molecule has 0 saturated carbocycles. The number of nitrogens with two attached hydrogens (primary N) is 1. The Morgan fingerprint density at radius 2 is 1.85 bits per heavy atom. The van der Waals surface area contributed by atoms with Crippen LogP contribution in [0.3, 0.4) is 0 Å². The van der Waals surface area contributed by atoms with Gasteiger partial charge in [-0.05, 0) is 17.7 Å². The van der Waals surface area contributed by atoms with Gasteiger partial charge in [-0.3, -0.25) is 4.79 Å². The highest BCUT2D eigenvalue weighted by Crippen LogP contribution is 2.33. The third-order valence-electron chi connectivity index (χ3n) is 3.43. The van der Waals surface area contributed by atoms with Crippen LogP contribution in [0.15, 0.2) is 60.2 Å². The number of carbonyl (C=O) groups is 1. The molecule has 2 aromatic carbocycles. The zero-order valence-electron chi connectivity index (χ0n) is 14.1. The molecule has 1 aliphatic heterocycles. The lowest BCUT2D eigenvalue weighted by Crippen LogP contribution is -2.16. The SMILES string of the molecule is [2H][C@]1(c2ccc(F)c(F)c2)OC(N)=C(OS(=O)(=O)Cc2ccccc2)C1=O. The van der Waals surface area contributed by atoms with Gasteiger partial charge in [-0.2, -0.15) is 8.42 Å². The highest BCUT2D eigenvalue weighted by atomic mass is 32.2. The van der Waals surface area contributed by atoms with Crippen molar-refractivity contribution in [2.45, 2.75) is 11.8 Å². The molecule has 0 spiro atoms. The van der Waals surface area contributed by atoms with E-state index in [0.717, 1.165) is 6.07 Å². The first-order chi connectivity index (χ1) is 12.6. The van der Waals surface area contributed by atoms with Crippen LogP contribution in [0.4, 0.5) is 8.78 Å². The van der Waals surface area contributed by atoms with Gasteiger partial charge in [0.05, 0.1) is 1.37 Å². The minimum absolute atomic E-state index is 0.367. The summed E-state index contributed by atoms with van der Waals surface area (Å²) in [5.41, 5.74) is 5.55. The van der Waals surface area contributed by atoms with E-state index in [9.17, 15) is 22.0 Å². The van der Waals surface area contributed by atoms with Gasteiger partial charge in [0, 0.05) is 5.56 Å². The van der Waals surface area contributed by atoms with E-state index < -0.39 is 51.0 Å². The van der Waals surface area contributed by atoms with Gasteiger partial charge in [-0.1, -0.05) is 36.4 Å². The predicted molar refractivity (Wildman–Crippen MR) is 86.6 cm³/mol. The first-order valence-corrected chi connectivity index (χ1v) is 8.85. The lowest BCUT2D eigenvalue weighted by Gasteiger charge is -2.10. The van der Waals surface area contributed by atoms with Crippen LogP contribution < -0.4 is 5.73 Å². The molecule has 136 valence electrons. The van der Waals surface area contributed by atoms with Crippen molar-refractivity contribution in [1.82, 2.24) is 0 Å². The van der Waals surface area contributed by atoms with E-state index in [1.807, 2.05) is 0 Å². The largest absolute Gasteiger partial charge is 0.460 e. The first kappa shape index (κ1) is 16.5. The number of halogens is 2. The Labute approximate surface area is 149 Å². The average molecular weight is 382 g/mol. The van der Waals surface area contributed by atoms with E-state index in [2.05, 4.69) is 0 Å². The molecule has 3 rings (SSSR count). The topological polar surface area (TPSA) is 95.7 Å². The van der Waals surface area contributed by atoms with Crippen LogP contribution in [0.5, 0.6) is 0 Å². The molecule has 0 aliphatic carbocycles. The lowest BCUT2D eigenvalue weighted by atomic mass is 10.1. The number of Topliss-reactive ketones (excluding diaryl/α,β-unsaturated/α-hetero) is 1. The summed E-state index contributed by atoms with van der Waals surface area (Å²) in [5, 5.41) is 0. The van der Waals surface area contributed by atoms with Crippen LogP contribution in [0.25, 0.3) is 0 Å². The molecule has 0 amide bonds. The van der Waals surface area contributed by atoms with Crippen molar-refractivity contribution < 1.29 is 32.3 Å². The second-order valence-corrected chi connectivity index (χ2v) is 6.92. The van der Waals surface area contributed by atoms with E-state index in [4.69, 9.17) is 16.0 Å². The summed E-state index contributed by atoms with van der Waals surface area (Å²) >= 11 is 0. The Balaban J connectivity index is 1.86. The second kappa shape index (κ2) is 6.75. The fourth-order valence-electron chi connectivity index (χ4n) is 2.26. The highest BCUT2D eigenvalue weighted by molar-refractivity contribution is 7.86. The molecular formula is C17H13F2NO5S. The Morgan fingerprint density at radius 3 is 2.50 bits per heavy atom. The monoisotopic (exact) mass is 382 g/mol. The zero-order valence-corrected chi connectivity index (χ0v) is 13.9. The van der Waals surface area contributed by atoms with Gasteiger partial charge in [-0.15, -0.1) is 0 Å². The van der Waals surface area contributed by atoms with Crippen molar-refractivity contribution in [1.29, 1.82) is 0 Å². The fourth-order valence-corrected chi connectivity index (χ4v) is 3.33. The van der Waals surface area contributed by atoms with E-state index in [0.29, 0.717) is 17.7 Å². The van der Waals surface area contributed by atoms with Crippen molar-refractivity contribution in [3.63, 3.8) is 0 Å². The third kappa shape index (κ3) is 3.67. The summed E-state index contributed by atoms with van der Waals surface area (Å²) in [5.74, 6) is -5.91. The summed E-state index contributed by atoms with van der Waals surface area (Å²) in [7, 11) is -4.29. The number of rotatable bonds is 5. The van der Waals surface area contributed by atoms with Crippen molar-refractivity contribution >= 4 is 15.9 Å².